The van der Waals surface area contributed by atoms with Gasteiger partial charge in [-0.1, -0.05) is 126 Å². The molecule has 1 aromatic heterocycles. The van der Waals surface area contributed by atoms with Crippen molar-refractivity contribution in [3.8, 4) is 5.69 Å². The molecule has 3 heteroatoms. The molecule has 0 unspecified atom stereocenters. The first-order valence-corrected chi connectivity index (χ1v) is 18.2. The van der Waals surface area contributed by atoms with Gasteiger partial charge in [0, 0.05) is 39.0 Å². The predicted octanol–water partition coefficient (Wildman–Crippen LogP) is 10.6. The van der Waals surface area contributed by atoms with Crippen LogP contribution in [0.2, 0.25) is 0 Å². The SMILES string of the molecule is CC(C)(C)c1ccc(N2c3ccc(C(C)(C)C)cc3B3c4c2cccc4-n2c4ccc(C(C)(C)C)cc4c4cc(C(C)(C)C)cc3c42)cc1. The fourth-order valence-electron chi connectivity index (χ4n) is 8.23. The minimum absolute atomic E-state index is 0.00609. The number of hydrogen-bond donors (Lipinski definition) is 0. The van der Waals surface area contributed by atoms with Crippen LogP contribution < -0.4 is 21.3 Å². The van der Waals surface area contributed by atoms with Crippen LogP contribution in [0.1, 0.15) is 105 Å². The number of benzene rings is 5. The lowest BCUT2D eigenvalue weighted by Gasteiger charge is -2.41. The Labute approximate surface area is 294 Å². The fraction of sp³-hybridized carbons (Fsp3) is 0.348. The Morgan fingerprint density at radius 2 is 0.980 bits per heavy atom. The Kier molecular flexibility index (Phi) is 6.63. The summed E-state index contributed by atoms with van der Waals surface area (Å²) in [4.78, 5) is 2.53. The predicted molar refractivity (Wildman–Crippen MR) is 215 cm³/mol. The molecule has 0 radical (unpaired) electrons. The molecule has 0 aliphatic carbocycles. The van der Waals surface area contributed by atoms with E-state index < -0.39 is 0 Å². The van der Waals surface area contributed by atoms with E-state index in [1.165, 1.54) is 83.2 Å². The number of hydrogen-bond acceptors (Lipinski definition) is 1. The van der Waals surface area contributed by atoms with Crippen LogP contribution in [0, 0.1) is 0 Å². The van der Waals surface area contributed by atoms with E-state index in [2.05, 4.69) is 184 Å². The standard InChI is InChI=1S/C46H51BN2/c1-43(2,3)28-16-20-32(21-17-28)48-38-23-19-30(45(7,8)9)26-35(38)47-36-27-31(46(10,11)12)25-34-33-24-29(44(4,5)6)18-22-37(33)49(42(34)36)40-15-13-14-39(48)41(40)47/h13-27H,1-12H3. The van der Waals surface area contributed by atoms with E-state index in [4.69, 9.17) is 0 Å². The van der Waals surface area contributed by atoms with Crippen LogP contribution in [0.25, 0.3) is 27.5 Å². The van der Waals surface area contributed by atoms with Crippen molar-refractivity contribution in [3.05, 3.63) is 113 Å². The van der Waals surface area contributed by atoms with Crippen molar-refractivity contribution in [1.29, 1.82) is 0 Å². The van der Waals surface area contributed by atoms with Crippen LogP contribution in [-0.2, 0) is 21.7 Å². The van der Waals surface area contributed by atoms with Gasteiger partial charge < -0.3 is 9.47 Å². The van der Waals surface area contributed by atoms with Crippen LogP contribution in [0.3, 0.4) is 0 Å². The maximum Gasteiger partial charge on any atom is 0.252 e. The van der Waals surface area contributed by atoms with Crippen LogP contribution >= 0.6 is 0 Å². The van der Waals surface area contributed by atoms with Gasteiger partial charge in [-0.15, -0.1) is 0 Å². The minimum atomic E-state index is 0.00609. The molecule has 2 aliphatic rings. The molecule has 8 rings (SSSR count). The maximum absolute atomic E-state index is 2.59. The largest absolute Gasteiger partial charge is 0.311 e. The summed E-state index contributed by atoms with van der Waals surface area (Å²) in [6.07, 6.45) is 0. The zero-order valence-electron chi connectivity index (χ0n) is 31.6. The number of aromatic nitrogens is 1. The zero-order valence-corrected chi connectivity index (χ0v) is 31.6. The first-order valence-electron chi connectivity index (χ1n) is 18.2. The van der Waals surface area contributed by atoms with Gasteiger partial charge in [0.2, 0.25) is 0 Å². The smallest absolute Gasteiger partial charge is 0.252 e. The molecular weight excluding hydrogens is 591 g/mol. The van der Waals surface area contributed by atoms with Gasteiger partial charge in [-0.25, -0.2) is 0 Å². The molecule has 3 heterocycles. The summed E-state index contributed by atoms with van der Waals surface area (Å²) in [7, 11) is 0. The average molecular weight is 643 g/mol. The summed E-state index contributed by atoms with van der Waals surface area (Å²) in [5, 5.41) is 2.72. The van der Waals surface area contributed by atoms with Gasteiger partial charge in [0.25, 0.3) is 6.71 Å². The monoisotopic (exact) mass is 642 g/mol. The van der Waals surface area contributed by atoms with Gasteiger partial charge in [0.1, 0.15) is 0 Å². The average Bonchev–Trinajstić information content (AvgIpc) is 3.35. The van der Waals surface area contributed by atoms with Crippen molar-refractivity contribution in [2.24, 2.45) is 0 Å². The number of fused-ring (bicyclic) bond motifs is 7. The highest BCUT2D eigenvalue weighted by Crippen LogP contribution is 2.44. The number of nitrogens with zero attached hydrogens (tertiary/aromatic N) is 2. The Balaban J connectivity index is 1.52. The third-order valence-electron chi connectivity index (χ3n) is 11.2. The summed E-state index contributed by atoms with van der Waals surface area (Å²) in [5.74, 6) is 0. The minimum Gasteiger partial charge on any atom is -0.311 e. The van der Waals surface area contributed by atoms with Gasteiger partial charge in [-0.05, 0) is 109 Å². The molecule has 248 valence electrons. The van der Waals surface area contributed by atoms with Crippen molar-refractivity contribution in [1.82, 2.24) is 4.57 Å². The molecule has 0 amide bonds. The molecule has 0 bridgehead atoms. The molecule has 2 aliphatic heterocycles. The van der Waals surface area contributed by atoms with E-state index in [-0.39, 0.29) is 28.4 Å². The van der Waals surface area contributed by atoms with Crippen molar-refractivity contribution >= 4 is 62.0 Å². The third kappa shape index (κ3) is 4.83. The van der Waals surface area contributed by atoms with E-state index in [1.807, 2.05) is 0 Å². The second-order valence-corrected chi connectivity index (χ2v) is 18.8. The topological polar surface area (TPSA) is 8.17 Å². The first-order chi connectivity index (χ1) is 22.8. The Bertz CT molecular complexity index is 2310. The van der Waals surface area contributed by atoms with Crippen LogP contribution in [0.4, 0.5) is 17.1 Å². The highest BCUT2D eigenvalue weighted by atomic mass is 15.2. The highest BCUT2D eigenvalue weighted by Gasteiger charge is 2.43. The summed E-state index contributed by atoms with van der Waals surface area (Å²) < 4.78 is 2.59. The number of anilines is 3. The third-order valence-corrected chi connectivity index (χ3v) is 11.2. The molecule has 2 nitrogen and oxygen atoms in total. The lowest BCUT2D eigenvalue weighted by Crippen LogP contribution is -2.60. The van der Waals surface area contributed by atoms with Crippen LogP contribution in [-0.4, -0.2) is 11.3 Å². The first kappa shape index (κ1) is 32.0. The van der Waals surface area contributed by atoms with Crippen molar-refractivity contribution < 1.29 is 0 Å². The van der Waals surface area contributed by atoms with Crippen molar-refractivity contribution in [3.63, 3.8) is 0 Å². The lowest BCUT2D eigenvalue weighted by molar-refractivity contribution is 0.590. The molecular formula is C46H51BN2. The second-order valence-electron chi connectivity index (χ2n) is 18.8. The van der Waals surface area contributed by atoms with Gasteiger partial charge in [0.15, 0.2) is 0 Å². The van der Waals surface area contributed by atoms with E-state index in [1.54, 1.807) is 0 Å². The Morgan fingerprint density at radius 3 is 1.61 bits per heavy atom. The maximum atomic E-state index is 2.59. The van der Waals surface area contributed by atoms with Gasteiger partial charge in [0.05, 0.1) is 5.52 Å². The molecule has 0 saturated heterocycles. The van der Waals surface area contributed by atoms with Crippen LogP contribution in [0.5, 0.6) is 0 Å². The molecule has 0 fully saturated rings. The molecule has 49 heavy (non-hydrogen) atoms. The molecule has 0 atom stereocenters. The molecule has 0 N–H and O–H groups in total. The molecule has 6 aromatic rings. The van der Waals surface area contributed by atoms with E-state index in [0.29, 0.717) is 0 Å². The zero-order chi connectivity index (χ0) is 35.0. The Morgan fingerprint density at radius 1 is 0.449 bits per heavy atom. The summed E-state index contributed by atoms with van der Waals surface area (Å²) in [5.41, 5.74) is 17.6. The quantitative estimate of drug-likeness (QED) is 0.162. The molecule has 0 spiro atoms. The summed E-state index contributed by atoms with van der Waals surface area (Å²) in [6, 6.07) is 35.8. The number of rotatable bonds is 1. The second kappa shape index (κ2) is 10.2. The fourth-order valence-corrected chi connectivity index (χ4v) is 8.23. The summed E-state index contributed by atoms with van der Waals surface area (Å²) >= 11 is 0. The van der Waals surface area contributed by atoms with Gasteiger partial charge >= 0.3 is 0 Å². The molecule has 5 aromatic carbocycles. The Hall–Kier alpha value is -4.24. The normalized spacial score (nSPS) is 14.4. The van der Waals surface area contributed by atoms with Crippen LogP contribution in [0.15, 0.2) is 91.0 Å². The highest BCUT2D eigenvalue weighted by molar-refractivity contribution is 7.00. The molecule has 0 saturated carbocycles. The van der Waals surface area contributed by atoms with E-state index in [9.17, 15) is 0 Å². The van der Waals surface area contributed by atoms with Gasteiger partial charge in [-0.3, -0.25) is 0 Å². The summed E-state index contributed by atoms with van der Waals surface area (Å²) in [6.45, 7) is 28.1. The van der Waals surface area contributed by atoms with Crippen molar-refractivity contribution in [2.45, 2.75) is 105 Å². The van der Waals surface area contributed by atoms with Gasteiger partial charge in [-0.2, -0.15) is 0 Å². The lowest BCUT2D eigenvalue weighted by atomic mass is 9.33. The van der Waals surface area contributed by atoms with Crippen molar-refractivity contribution in [2.75, 3.05) is 4.90 Å². The van der Waals surface area contributed by atoms with E-state index in [0.717, 1.165) is 0 Å². The van der Waals surface area contributed by atoms with E-state index >= 15 is 0 Å².